The van der Waals surface area contributed by atoms with E-state index in [4.69, 9.17) is 6.42 Å². The molecule has 2 fully saturated rings. The predicted octanol–water partition coefficient (Wildman–Crippen LogP) is -0.145. The van der Waals surface area contributed by atoms with E-state index in [1.807, 2.05) is 18.2 Å². The third-order valence-electron chi connectivity index (χ3n) is 5.54. The van der Waals surface area contributed by atoms with Crippen molar-refractivity contribution in [2.24, 2.45) is 0 Å². The van der Waals surface area contributed by atoms with Gasteiger partial charge in [-0.25, -0.2) is 0 Å². The van der Waals surface area contributed by atoms with E-state index in [9.17, 15) is 14.4 Å². The van der Waals surface area contributed by atoms with Crippen LogP contribution in [0.2, 0.25) is 0 Å². The highest BCUT2D eigenvalue weighted by Gasteiger charge is 2.39. The lowest BCUT2D eigenvalue weighted by atomic mass is 10.0. The number of benzene rings is 1. The highest BCUT2D eigenvalue weighted by Crippen LogP contribution is 2.28. The summed E-state index contributed by atoms with van der Waals surface area (Å²) in [4.78, 5) is 40.1. The Hall–Kier alpha value is -2.69. The number of piperidine rings is 1. The van der Waals surface area contributed by atoms with Gasteiger partial charge < -0.3 is 10.2 Å². The highest BCUT2D eigenvalue weighted by atomic mass is 16.2. The van der Waals surface area contributed by atoms with E-state index in [0.29, 0.717) is 31.1 Å². The van der Waals surface area contributed by atoms with Crippen LogP contribution in [0.25, 0.3) is 0 Å². The maximum atomic E-state index is 12.7. The zero-order chi connectivity index (χ0) is 19.0. The van der Waals surface area contributed by atoms with Crippen molar-refractivity contribution in [3.63, 3.8) is 0 Å². The SMILES string of the molecule is C#CCN(Cc1ccc2c(c1)CN(C1CCC(=O)NC1=O)C2=O)C1CNC1. The van der Waals surface area contributed by atoms with Crippen molar-refractivity contribution in [1.82, 2.24) is 20.4 Å². The Kier molecular flexibility index (Phi) is 4.68. The number of fused-ring (bicyclic) bond motifs is 1. The molecule has 0 bridgehead atoms. The Labute approximate surface area is 158 Å². The largest absolute Gasteiger partial charge is 0.322 e. The standard InChI is InChI=1S/C20H22N4O3/c1-2-7-23(15-9-21-10-15)11-13-3-4-16-14(8-13)12-24(20(16)27)17-5-6-18(25)22-19(17)26/h1,3-4,8,15,17,21H,5-7,9-12H2,(H,22,25,26). The molecule has 3 heterocycles. The Morgan fingerprint density at radius 2 is 2.07 bits per heavy atom. The molecule has 0 radical (unpaired) electrons. The quantitative estimate of drug-likeness (QED) is 0.560. The number of terminal acetylenes is 1. The van der Waals surface area contributed by atoms with Crippen molar-refractivity contribution in [3.05, 3.63) is 34.9 Å². The Morgan fingerprint density at radius 3 is 2.74 bits per heavy atom. The van der Waals surface area contributed by atoms with Crippen LogP contribution in [0.15, 0.2) is 18.2 Å². The van der Waals surface area contributed by atoms with Crippen LogP contribution < -0.4 is 10.6 Å². The monoisotopic (exact) mass is 366 g/mol. The summed E-state index contributed by atoms with van der Waals surface area (Å²) >= 11 is 0. The fourth-order valence-electron chi connectivity index (χ4n) is 3.92. The molecule has 27 heavy (non-hydrogen) atoms. The van der Waals surface area contributed by atoms with Crippen LogP contribution in [0.1, 0.15) is 34.3 Å². The molecule has 0 aliphatic carbocycles. The van der Waals surface area contributed by atoms with E-state index in [2.05, 4.69) is 21.5 Å². The van der Waals surface area contributed by atoms with Gasteiger partial charge in [-0.1, -0.05) is 18.1 Å². The molecule has 2 saturated heterocycles. The number of nitrogens with zero attached hydrogens (tertiary/aromatic N) is 2. The van der Waals surface area contributed by atoms with Crippen LogP contribution in [0.5, 0.6) is 0 Å². The normalized spacial score (nSPS) is 22.4. The smallest absolute Gasteiger partial charge is 0.255 e. The minimum atomic E-state index is -0.579. The van der Waals surface area contributed by atoms with Crippen LogP contribution in [-0.4, -0.2) is 59.2 Å². The molecule has 7 nitrogen and oxygen atoms in total. The summed E-state index contributed by atoms with van der Waals surface area (Å²) in [6.45, 7) is 3.60. The van der Waals surface area contributed by atoms with Crippen molar-refractivity contribution in [3.8, 4) is 12.3 Å². The van der Waals surface area contributed by atoms with Gasteiger partial charge >= 0.3 is 0 Å². The minimum absolute atomic E-state index is 0.144. The van der Waals surface area contributed by atoms with E-state index in [-0.39, 0.29) is 24.1 Å². The summed E-state index contributed by atoms with van der Waals surface area (Å²) in [6.07, 6.45) is 6.15. The average molecular weight is 366 g/mol. The average Bonchev–Trinajstić information content (AvgIpc) is 2.90. The van der Waals surface area contributed by atoms with E-state index >= 15 is 0 Å². The Bertz CT molecular complexity index is 840. The van der Waals surface area contributed by atoms with Crippen molar-refractivity contribution in [2.45, 2.75) is 38.0 Å². The van der Waals surface area contributed by atoms with Gasteiger partial charge in [0.2, 0.25) is 11.8 Å². The third kappa shape index (κ3) is 3.34. The number of nitrogens with one attached hydrogen (secondary N) is 2. The molecule has 0 saturated carbocycles. The Balaban J connectivity index is 1.49. The van der Waals surface area contributed by atoms with Crippen LogP contribution in [0.4, 0.5) is 0 Å². The molecule has 3 amide bonds. The number of rotatable bonds is 5. The van der Waals surface area contributed by atoms with Gasteiger partial charge in [0.15, 0.2) is 0 Å². The summed E-state index contributed by atoms with van der Waals surface area (Å²) < 4.78 is 0. The lowest BCUT2D eigenvalue weighted by Crippen LogP contribution is -2.56. The van der Waals surface area contributed by atoms with E-state index in [1.165, 1.54) is 0 Å². The maximum absolute atomic E-state index is 12.7. The molecule has 1 unspecified atom stereocenters. The molecule has 1 atom stereocenters. The number of imide groups is 1. The van der Waals surface area contributed by atoms with Crippen LogP contribution in [0.3, 0.4) is 0 Å². The van der Waals surface area contributed by atoms with Gasteiger partial charge in [-0.3, -0.25) is 24.6 Å². The maximum Gasteiger partial charge on any atom is 0.255 e. The van der Waals surface area contributed by atoms with Gasteiger partial charge in [-0.05, 0) is 23.6 Å². The van der Waals surface area contributed by atoms with Gasteiger partial charge in [0.05, 0.1) is 6.54 Å². The molecule has 4 rings (SSSR count). The molecule has 1 aromatic carbocycles. The summed E-state index contributed by atoms with van der Waals surface area (Å²) in [5, 5.41) is 5.59. The summed E-state index contributed by atoms with van der Waals surface area (Å²) in [5.41, 5.74) is 2.67. The van der Waals surface area contributed by atoms with E-state index in [0.717, 1.165) is 30.8 Å². The first-order valence-electron chi connectivity index (χ1n) is 9.21. The molecule has 7 heteroatoms. The van der Waals surface area contributed by atoms with E-state index < -0.39 is 6.04 Å². The second-order valence-electron chi connectivity index (χ2n) is 7.31. The third-order valence-corrected chi connectivity index (χ3v) is 5.54. The lowest BCUT2D eigenvalue weighted by Gasteiger charge is -2.37. The predicted molar refractivity (Wildman–Crippen MR) is 98.4 cm³/mol. The van der Waals surface area contributed by atoms with E-state index in [1.54, 1.807) is 4.90 Å². The summed E-state index contributed by atoms with van der Waals surface area (Å²) in [5.74, 6) is 1.92. The molecule has 0 spiro atoms. The number of hydrogen-bond acceptors (Lipinski definition) is 5. The van der Waals surface area contributed by atoms with Crippen molar-refractivity contribution < 1.29 is 14.4 Å². The number of amides is 3. The topological polar surface area (TPSA) is 81.8 Å². The van der Waals surface area contributed by atoms with Crippen molar-refractivity contribution >= 4 is 17.7 Å². The first kappa shape index (κ1) is 17.7. The van der Waals surface area contributed by atoms with Crippen LogP contribution in [-0.2, 0) is 22.7 Å². The van der Waals surface area contributed by atoms with Crippen molar-refractivity contribution in [1.29, 1.82) is 0 Å². The molecular weight excluding hydrogens is 344 g/mol. The zero-order valence-electron chi connectivity index (χ0n) is 15.0. The second kappa shape index (κ2) is 7.14. The lowest BCUT2D eigenvalue weighted by molar-refractivity contribution is -0.136. The van der Waals surface area contributed by atoms with Gasteiger partial charge in [0.25, 0.3) is 5.91 Å². The van der Waals surface area contributed by atoms with Crippen LogP contribution >= 0.6 is 0 Å². The number of carbonyl (C=O) groups is 3. The minimum Gasteiger partial charge on any atom is -0.322 e. The second-order valence-corrected chi connectivity index (χ2v) is 7.31. The number of carbonyl (C=O) groups excluding carboxylic acids is 3. The molecule has 1 aromatic rings. The summed E-state index contributed by atoms with van der Waals surface area (Å²) in [6, 6.07) is 5.70. The summed E-state index contributed by atoms with van der Waals surface area (Å²) in [7, 11) is 0. The molecular formula is C20H22N4O3. The molecule has 140 valence electrons. The molecule has 3 aliphatic rings. The molecule has 0 aromatic heterocycles. The molecule has 3 aliphatic heterocycles. The fourth-order valence-corrected chi connectivity index (χ4v) is 3.92. The van der Waals surface area contributed by atoms with Crippen LogP contribution in [0, 0.1) is 12.3 Å². The van der Waals surface area contributed by atoms with Gasteiger partial charge in [0.1, 0.15) is 6.04 Å². The van der Waals surface area contributed by atoms with Crippen molar-refractivity contribution in [2.75, 3.05) is 19.6 Å². The van der Waals surface area contributed by atoms with Gasteiger partial charge in [-0.15, -0.1) is 6.42 Å². The van der Waals surface area contributed by atoms with Gasteiger partial charge in [-0.2, -0.15) is 0 Å². The highest BCUT2D eigenvalue weighted by molar-refractivity contribution is 6.05. The van der Waals surface area contributed by atoms with Gasteiger partial charge in [0, 0.05) is 44.2 Å². The zero-order valence-corrected chi connectivity index (χ0v) is 15.0. The number of hydrogen-bond donors (Lipinski definition) is 2. The fraction of sp³-hybridized carbons (Fsp3) is 0.450. The first-order valence-corrected chi connectivity index (χ1v) is 9.21. The first-order chi connectivity index (χ1) is 13.1. The molecule has 2 N–H and O–H groups in total. The Morgan fingerprint density at radius 1 is 1.26 bits per heavy atom.